The second-order valence-corrected chi connectivity index (χ2v) is 8.84. The molecule has 0 aromatic heterocycles. The SMILES string of the molecule is CN(CC(=O)N/N=C\c1ccccc1Br)S(=O)(=O)c1ccc(Br)cc1. The van der Waals surface area contributed by atoms with Crippen LogP contribution in [0.4, 0.5) is 0 Å². The van der Waals surface area contributed by atoms with Crippen molar-refractivity contribution in [1.82, 2.24) is 9.73 Å². The third-order valence-electron chi connectivity index (χ3n) is 3.19. The number of carbonyl (C=O) groups excluding carboxylic acids is 1. The molecule has 9 heteroatoms. The first-order valence-electron chi connectivity index (χ1n) is 7.09. The Morgan fingerprint density at radius 3 is 2.44 bits per heavy atom. The molecule has 132 valence electrons. The Morgan fingerprint density at radius 2 is 1.80 bits per heavy atom. The van der Waals surface area contributed by atoms with Crippen molar-refractivity contribution in [3.05, 3.63) is 63.0 Å². The van der Waals surface area contributed by atoms with Crippen LogP contribution in [0.25, 0.3) is 0 Å². The molecule has 0 atom stereocenters. The van der Waals surface area contributed by atoms with Crippen LogP contribution >= 0.6 is 31.9 Å². The molecule has 2 aromatic rings. The number of sulfonamides is 1. The first-order chi connectivity index (χ1) is 11.8. The second kappa shape index (κ2) is 8.70. The van der Waals surface area contributed by atoms with Crippen molar-refractivity contribution >= 4 is 54.0 Å². The van der Waals surface area contributed by atoms with E-state index in [4.69, 9.17) is 0 Å². The van der Waals surface area contributed by atoms with Crippen LogP contribution in [0.3, 0.4) is 0 Å². The fourth-order valence-electron chi connectivity index (χ4n) is 1.86. The Hall–Kier alpha value is -1.55. The lowest BCUT2D eigenvalue weighted by molar-refractivity contribution is -0.121. The van der Waals surface area contributed by atoms with Crippen LogP contribution in [0.2, 0.25) is 0 Å². The van der Waals surface area contributed by atoms with Gasteiger partial charge < -0.3 is 0 Å². The molecule has 0 aliphatic rings. The molecule has 0 aliphatic carbocycles. The van der Waals surface area contributed by atoms with Crippen molar-refractivity contribution in [2.24, 2.45) is 5.10 Å². The number of hydrazone groups is 1. The van der Waals surface area contributed by atoms with Crippen molar-refractivity contribution in [1.29, 1.82) is 0 Å². The van der Waals surface area contributed by atoms with Crippen LogP contribution in [0.1, 0.15) is 5.56 Å². The minimum Gasteiger partial charge on any atom is -0.272 e. The van der Waals surface area contributed by atoms with E-state index >= 15 is 0 Å². The van der Waals surface area contributed by atoms with Gasteiger partial charge in [-0.3, -0.25) is 4.79 Å². The number of carbonyl (C=O) groups is 1. The van der Waals surface area contributed by atoms with E-state index in [0.717, 1.165) is 18.8 Å². The normalized spacial score (nSPS) is 11.8. The highest BCUT2D eigenvalue weighted by molar-refractivity contribution is 9.10. The van der Waals surface area contributed by atoms with Crippen LogP contribution in [0.5, 0.6) is 0 Å². The summed E-state index contributed by atoms with van der Waals surface area (Å²) in [5.74, 6) is -0.536. The number of nitrogens with one attached hydrogen (secondary N) is 1. The molecule has 0 saturated carbocycles. The van der Waals surface area contributed by atoms with Gasteiger partial charge in [-0.25, -0.2) is 13.8 Å². The number of halogens is 2. The van der Waals surface area contributed by atoms with Crippen molar-refractivity contribution < 1.29 is 13.2 Å². The van der Waals surface area contributed by atoms with Crippen LogP contribution in [-0.4, -0.2) is 38.4 Å². The molecule has 1 N–H and O–H groups in total. The van der Waals surface area contributed by atoms with E-state index in [1.807, 2.05) is 24.3 Å². The highest BCUT2D eigenvalue weighted by Crippen LogP contribution is 2.17. The molecule has 0 heterocycles. The molecule has 25 heavy (non-hydrogen) atoms. The standard InChI is InChI=1S/C16H15Br2N3O3S/c1-21(25(23,24)14-8-6-13(17)7-9-14)11-16(22)20-19-10-12-4-2-3-5-15(12)18/h2-10H,11H2,1H3,(H,20,22)/b19-10-. The van der Waals surface area contributed by atoms with Crippen LogP contribution in [-0.2, 0) is 14.8 Å². The quantitative estimate of drug-likeness (QED) is 0.501. The third-order valence-corrected chi connectivity index (χ3v) is 6.25. The monoisotopic (exact) mass is 487 g/mol. The zero-order valence-electron chi connectivity index (χ0n) is 13.2. The van der Waals surface area contributed by atoms with Crippen molar-refractivity contribution in [2.45, 2.75) is 4.90 Å². The van der Waals surface area contributed by atoms with Crippen LogP contribution < -0.4 is 5.43 Å². The molecule has 0 fully saturated rings. The van der Waals surface area contributed by atoms with Crippen LogP contribution in [0.15, 0.2) is 67.5 Å². The topological polar surface area (TPSA) is 78.8 Å². The molecule has 0 bridgehead atoms. The summed E-state index contributed by atoms with van der Waals surface area (Å²) >= 11 is 6.62. The minimum atomic E-state index is -3.74. The van der Waals surface area contributed by atoms with Crippen LogP contribution in [0, 0.1) is 0 Å². The number of likely N-dealkylation sites (N-methyl/N-ethyl adjacent to an activating group) is 1. The molecule has 0 unspecified atom stereocenters. The smallest absolute Gasteiger partial charge is 0.255 e. The summed E-state index contributed by atoms with van der Waals surface area (Å²) < 4.78 is 27.4. The number of nitrogens with zero attached hydrogens (tertiary/aromatic N) is 2. The van der Waals surface area contributed by atoms with Gasteiger partial charge >= 0.3 is 0 Å². The Morgan fingerprint density at radius 1 is 1.16 bits per heavy atom. The van der Waals surface area contributed by atoms with E-state index < -0.39 is 15.9 Å². The largest absolute Gasteiger partial charge is 0.272 e. The minimum absolute atomic E-state index is 0.114. The van der Waals surface area contributed by atoms with E-state index in [2.05, 4.69) is 42.4 Å². The highest BCUT2D eigenvalue weighted by Gasteiger charge is 2.22. The van der Waals surface area contributed by atoms with E-state index in [1.54, 1.807) is 12.1 Å². The molecule has 2 rings (SSSR count). The number of amides is 1. The number of benzene rings is 2. The fourth-order valence-corrected chi connectivity index (χ4v) is 3.64. The third kappa shape index (κ3) is 5.46. The first kappa shape index (κ1) is 19.8. The van der Waals surface area contributed by atoms with Gasteiger partial charge in [-0.1, -0.05) is 50.1 Å². The van der Waals surface area contributed by atoms with Gasteiger partial charge in [0, 0.05) is 21.6 Å². The van der Waals surface area contributed by atoms with Gasteiger partial charge in [-0.15, -0.1) is 0 Å². The Kier molecular flexibility index (Phi) is 6.88. The molecule has 0 radical (unpaired) electrons. The molecule has 2 aromatic carbocycles. The maximum Gasteiger partial charge on any atom is 0.255 e. The maximum absolute atomic E-state index is 12.4. The van der Waals surface area contributed by atoms with E-state index in [9.17, 15) is 13.2 Å². The average molecular weight is 489 g/mol. The summed E-state index contributed by atoms with van der Waals surface area (Å²) in [4.78, 5) is 12.0. The molecule has 6 nitrogen and oxygen atoms in total. The van der Waals surface area contributed by atoms with E-state index in [0.29, 0.717) is 0 Å². The summed E-state index contributed by atoms with van der Waals surface area (Å²) in [6.07, 6.45) is 1.48. The molecule has 1 amide bonds. The Balaban J connectivity index is 1.97. The molecular formula is C16H15Br2N3O3S. The van der Waals surface area contributed by atoms with Gasteiger partial charge in [-0.2, -0.15) is 9.41 Å². The predicted octanol–water partition coefficient (Wildman–Crippen LogP) is 2.98. The van der Waals surface area contributed by atoms with Gasteiger partial charge in [0.15, 0.2) is 0 Å². The van der Waals surface area contributed by atoms with Gasteiger partial charge in [0.05, 0.1) is 17.7 Å². The maximum atomic E-state index is 12.4. The molecule has 0 saturated heterocycles. The second-order valence-electron chi connectivity index (χ2n) is 5.03. The molecular weight excluding hydrogens is 474 g/mol. The van der Waals surface area contributed by atoms with Crippen molar-refractivity contribution in [2.75, 3.05) is 13.6 Å². The van der Waals surface area contributed by atoms with Gasteiger partial charge in [0.25, 0.3) is 5.91 Å². The van der Waals surface area contributed by atoms with Crippen molar-refractivity contribution in [3.63, 3.8) is 0 Å². The lowest BCUT2D eigenvalue weighted by atomic mass is 10.2. The Labute approximate surface area is 163 Å². The average Bonchev–Trinajstić information content (AvgIpc) is 2.57. The van der Waals surface area contributed by atoms with E-state index in [1.165, 1.54) is 25.4 Å². The summed E-state index contributed by atoms with van der Waals surface area (Å²) in [5.41, 5.74) is 3.11. The predicted molar refractivity (Wildman–Crippen MR) is 104 cm³/mol. The fraction of sp³-hybridized carbons (Fsp3) is 0.125. The van der Waals surface area contributed by atoms with Gasteiger partial charge in [0.1, 0.15) is 0 Å². The highest BCUT2D eigenvalue weighted by atomic mass is 79.9. The Bertz CT molecular complexity index is 884. The van der Waals surface area contributed by atoms with Gasteiger partial charge in [0.2, 0.25) is 10.0 Å². The zero-order valence-corrected chi connectivity index (χ0v) is 17.2. The summed E-state index contributed by atoms with van der Waals surface area (Å²) in [6.45, 7) is -0.342. The molecule has 0 spiro atoms. The number of hydrogen-bond acceptors (Lipinski definition) is 4. The zero-order chi connectivity index (χ0) is 18.4. The lowest BCUT2D eigenvalue weighted by Gasteiger charge is -2.16. The number of hydrogen-bond donors (Lipinski definition) is 1. The summed E-state index contributed by atoms with van der Waals surface area (Å²) in [7, 11) is -2.40. The van der Waals surface area contributed by atoms with Gasteiger partial charge in [-0.05, 0) is 30.3 Å². The molecule has 0 aliphatic heterocycles. The number of rotatable bonds is 6. The summed E-state index contributed by atoms with van der Waals surface area (Å²) in [5, 5.41) is 3.84. The van der Waals surface area contributed by atoms with E-state index in [-0.39, 0.29) is 11.4 Å². The lowest BCUT2D eigenvalue weighted by Crippen LogP contribution is -2.36. The van der Waals surface area contributed by atoms with Crippen molar-refractivity contribution in [3.8, 4) is 0 Å². The first-order valence-corrected chi connectivity index (χ1v) is 10.1. The summed E-state index contributed by atoms with van der Waals surface area (Å²) in [6, 6.07) is 13.6.